The van der Waals surface area contributed by atoms with Crippen LogP contribution in [0.15, 0.2) is 15.3 Å². The molecule has 0 aliphatic rings. The Bertz CT molecular complexity index is 273. The molecule has 0 saturated carbocycles. The molecule has 2 nitrogen and oxygen atoms in total. The van der Waals surface area contributed by atoms with Gasteiger partial charge in [-0.3, -0.25) is 0 Å². The predicted octanol–water partition coefficient (Wildman–Crippen LogP) is 2.46. The number of hydrogen-bond acceptors (Lipinski definition) is 1. The Labute approximate surface area is 82.1 Å². The maximum absolute atomic E-state index is 11.2. The molecule has 0 amide bonds. The molecule has 1 aromatic heterocycles. The average molecular weight is 281 g/mol. The Hall–Kier alpha value is -0.0900. The smallest absolute Gasteiger partial charge is 0.263 e. The third-order valence-electron chi connectivity index (χ3n) is 1.44. The molecule has 11 heavy (non-hydrogen) atoms. The summed E-state index contributed by atoms with van der Waals surface area (Å²) in [5.74, 6) is 0. The van der Waals surface area contributed by atoms with Gasteiger partial charge in [0.1, 0.15) is 0 Å². The van der Waals surface area contributed by atoms with Crippen molar-refractivity contribution < 1.29 is 4.73 Å². The topological polar surface area (TPSA) is 26.9 Å². The highest BCUT2D eigenvalue weighted by Crippen LogP contribution is 2.18. The van der Waals surface area contributed by atoms with E-state index >= 15 is 0 Å². The van der Waals surface area contributed by atoms with E-state index < -0.39 is 0 Å². The average Bonchev–Trinajstić information content (AvgIpc) is 1.97. The van der Waals surface area contributed by atoms with Crippen LogP contribution in [0.2, 0.25) is 0 Å². The van der Waals surface area contributed by atoms with Crippen LogP contribution in [0.4, 0.5) is 0 Å². The third-order valence-corrected chi connectivity index (χ3v) is 3.34. The van der Waals surface area contributed by atoms with Crippen LogP contribution < -0.4 is 4.73 Å². The molecule has 0 unspecified atom stereocenters. The van der Waals surface area contributed by atoms with Gasteiger partial charge >= 0.3 is 0 Å². The Balaban J connectivity index is 3.46. The van der Waals surface area contributed by atoms with Crippen LogP contribution in [0.1, 0.15) is 11.1 Å². The van der Waals surface area contributed by atoms with Gasteiger partial charge in [0.25, 0.3) is 9.21 Å². The zero-order valence-electron chi connectivity index (χ0n) is 6.19. The molecule has 0 spiro atoms. The summed E-state index contributed by atoms with van der Waals surface area (Å²) in [7, 11) is 0. The van der Waals surface area contributed by atoms with Crippen molar-refractivity contribution in [3.05, 3.63) is 31.6 Å². The highest BCUT2D eigenvalue weighted by Gasteiger charge is 2.12. The van der Waals surface area contributed by atoms with Crippen LogP contribution in [0.25, 0.3) is 0 Å². The molecular weight excluding hydrogens is 274 g/mol. The van der Waals surface area contributed by atoms with Gasteiger partial charge in [0.05, 0.1) is 0 Å². The molecule has 1 aromatic rings. The van der Waals surface area contributed by atoms with Gasteiger partial charge in [-0.2, -0.15) is 4.73 Å². The molecule has 1 rings (SSSR count). The van der Waals surface area contributed by atoms with Gasteiger partial charge in [-0.1, -0.05) is 0 Å². The van der Waals surface area contributed by atoms with Crippen molar-refractivity contribution >= 4 is 31.9 Å². The normalized spacial score (nSPS) is 10.2. The maximum atomic E-state index is 11.2. The molecule has 0 N–H and O–H groups in total. The zero-order valence-corrected chi connectivity index (χ0v) is 9.36. The van der Waals surface area contributed by atoms with E-state index in [0.717, 1.165) is 15.9 Å². The Kier molecular flexibility index (Phi) is 2.54. The summed E-state index contributed by atoms with van der Waals surface area (Å²) < 4.78 is 1.95. The van der Waals surface area contributed by atoms with Crippen LogP contribution in [-0.4, -0.2) is 0 Å². The third kappa shape index (κ3) is 1.56. The van der Waals surface area contributed by atoms with E-state index in [1.165, 1.54) is 0 Å². The second-order valence-corrected chi connectivity index (χ2v) is 3.89. The first-order chi connectivity index (χ1) is 5.04. The van der Waals surface area contributed by atoms with Gasteiger partial charge in [-0.15, -0.1) is 0 Å². The second kappa shape index (κ2) is 3.11. The Morgan fingerprint density at radius 3 is 1.91 bits per heavy atom. The van der Waals surface area contributed by atoms with E-state index in [4.69, 9.17) is 0 Å². The molecule has 0 bridgehead atoms. The van der Waals surface area contributed by atoms with E-state index in [9.17, 15) is 5.21 Å². The fourth-order valence-corrected chi connectivity index (χ4v) is 1.67. The monoisotopic (exact) mass is 279 g/mol. The minimum atomic E-state index is 0.565. The van der Waals surface area contributed by atoms with Crippen molar-refractivity contribution in [3.63, 3.8) is 0 Å². The quantitative estimate of drug-likeness (QED) is 0.407. The van der Waals surface area contributed by atoms with Gasteiger partial charge < -0.3 is 5.21 Å². The van der Waals surface area contributed by atoms with Crippen molar-refractivity contribution in [2.75, 3.05) is 0 Å². The fourth-order valence-electron chi connectivity index (χ4n) is 0.850. The standard InChI is InChI=1S/C7H7Br2NO/c1-4-3-5(2)7(9)10(11)6(4)8/h3H,1-2H3. The Morgan fingerprint density at radius 2 is 1.55 bits per heavy atom. The van der Waals surface area contributed by atoms with Gasteiger partial charge in [-0.25, -0.2) is 0 Å². The number of aryl methyl sites for hydroxylation is 2. The van der Waals surface area contributed by atoms with Crippen LogP contribution in [0, 0.1) is 19.1 Å². The summed E-state index contributed by atoms with van der Waals surface area (Å²) in [6, 6.07) is 1.95. The number of nitrogens with zero attached hydrogens (tertiary/aromatic N) is 1. The van der Waals surface area contributed by atoms with Crippen molar-refractivity contribution in [2.45, 2.75) is 13.8 Å². The van der Waals surface area contributed by atoms with Crippen LogP contribution in [-0.2, 0) is 0 Å². The number of halogens is 2. The van der Waals surface area contributed by atoms with Gasteiger partial charge in [-0.05, 0) is 19.9 Å². The van der Waals surface area contributed by atoms with Crippen molar-refractivity contribution in [3.8, 4) is 0 Å². The second-order valence-electron chi connectivity index (χ2n) is 2.39. The van der Waals surface area contributed by atoms with Crippen molar-refractivity contribution in [1.29, 1.82) is 0 Å². The summed E-state index contributed by atoms with van der Waals surface area (Å²) in [5, 5.41) is 11.2. The highest BCUT2D eigenvalue weighted by atomic mass is 79.9. The summed E-state index contributed by atoms with van der Waals surface area (Å²) in [4.78, 5) is 0. The van der Waals surface area contributed by atoms with E-state index in [1.54, 1.807) is 0 Å². The van der Waals surface area contributed by atoms with Gasteiger partial charge in [0.2, 0.25) is 0 Å². The first-order valence-electron chi connectivity index (χ1n) is 3.09. The first-order valence-corrected chi connectivity index (χ1v) is 4.67. The number of aromatic nitrogens is 1. The summed E-state index contributed by atoms with van der Waals surface area (Å²) >= 11 is 6.37. The number of rotatable bonds is 0. The summed E-state index contributed by atoms with van der Waals surface area (Å²) in [6.07, 6.45) is 0. The molecule has 0 atom stereocenters. The lowest BCUT2D eigenvalue weighted by atomic mass is 10.2. The lowest BCUT2D eigenvalue weighted by Crippen LogP contribution is -2.31. The van der Waals surface area contributed by atoms with E-state index in [2.05, 4.69) is 31.9 Å². The molecule has 4 heteroatoms. The SMILES string of the molecule is Cc1cc(C)c(Br)[n+]([O-])c1Br. The lowest BCUT2D eigenvalue weighted by Gasteiger charge is -2.05. The van der Waals surface area contributed by atoms with Crippen LogP contribution in [0.3, 0.4) is 0 Å². The van der Waals surface area contributed by atoms with Crippen molar-refractivity contribution in [1.82, 2.24) is 0 Å². The van der Waals surface area contributed by atoms with Crippen LogP contribution >= 0.6 is 31.9 Å². The molecule has 0 radical (unpaired) electrons. The molecule has 1 heterocycles. The molecule has 0 fully saturated rings. The fraction of sp³-hybridized carbons (Fsp3) is 0.286. The van der Waals surface area contributed by atoms with Crippen LogP contribution in [0.5, 0.6) is 0 Å². The lowest BCUT2D eigenvalue weighted by molar-refractivity contribution is -0.629. The van der Waals surface area contributed by atoms with Crippen molar-refractivity contribution in [2.24, 2.45) is 0 Å². The Morgan fingerprint density at radius 1 is 1.18 bits per heavy atom. The molecule has 0 aliphatic heterocycles. The molecule has 60 valence electrons. The summed E-state index contributed by atoms with van der Waals surface area (Å²) in [6.45, 7) is 3.77. The molecule has 0 aromatic carbocycles. The highest BCUT2D eigenvalue weighted by molar-refractivity contribution is 9.11. The zero-order chi connectivity index (χ0) is 8.59. The van der Waals surface area contributed by atoms with E-state index in [1.807, 2.05) is 19.9 Å². The molecule has 0 aliphatic carbocycles. The first kappa shape index (κ1) is 9.00. The number of pyridine rings is 1. The van der Waals surface area contributed by atoms with E-state index in [-0.39, 0.29) is 0 Å². The largest absolute Gasteiger partial charge is 0.617 e. The predicted molar refractivity (Wildman–Crippen MR) is 50.3 cm³/mol. The van der Waals surface area contributed by atoms with Gasteiger partial charge in [0, 0.05) is 43.0 Å². The minimum Gasteiger partial charge on any atom is -0.617 e. The minimum absolute atomic E-state index is 0.565. The van der Waals surface area contributed by atoms with E-state index in [0.29, 0.717) is 9.21 Å². The van der Waals surface area contributed by atoms with Gasteiger partial charge in [0.15, 0.2) is 0 Å². The number of hydrogen-bond donors (Lipinski definition) is 0. The molecule has 0 saturated heterocycles. The summed E-state index contributed by atoms with van der Waals surface area (Å²) in [5.41, 5.74) is 1.89. The molecular formula is C7H7Br2NO. The maximum Gasteiger partial charge on any atom is 0.263 e.